The first-order chi connectivity index (χ1) is 20.9. The van der Waals surface area contributed by atoms with Gasteiger partial charge in [-0.3, -0.25) is 0 Å². The van der Waals surface area contributed by atoms with Gasteiger partial charge in [-0.2, -0.15) is 0 Å². The highest BCUT2D eigenvalue weighted by Crippen LogP contribution is 2.48. The Morgan fingerprint density at radius 3 is 1.24 bits per heavy atom. The molecule has 0 fully saturated rings. The topological polar surface area (TPSA) is 0 Å². The molecule has 196 valence electrons. The van der Waals surface area contributed by atoms with Gasteiger partial charge in [0.2, 0.25) is 0 Å². The molecular weight excluding hydrogens is 504 g/mol. The van der Waals surface area contributed by atoms with E-state index >= 15 is 0 Å². The molecule has 0 nitrogen and oxygen atoms in total. The van der Waals surface area contributed by atoms with Crippen molar-refractivity contribution in [3.05, 3.63) is 170 Å². The molecule has 42 heavy (non-hydrogen) atoms. The quantitative estimate of drug-likeness (QED) is 0.198. The maximum absolute atomic E-state index is 2.30. The van der Waals surface area contributed by atoms with Crippen LogP contribution in [-0.2, 0) is 0 Å². The van der Waals surface area contributed by atoms with Crippen LogP contribution in [0.1, 0.15) is 0 Å². The van der Waals surface area contributed by atoms with Crippen LogP contribution >= 0.6 is 0 Å². The lowest BCUT2D eigenvalue weighted by molar-refractivity contribution is 1.61. The normalized spacial score (nSPS) is 11.3. The van der Waals surface area contributed by atoms with Crippen molar-refractivity contribution >= 4 is 32.3 Å². The van der Waals surface area contributed by atoms with Gasteiger partial charge in [-0.25, -0.2) is 0 Å². The summed E-state index contributed by atoms with van der Waals surface area (Å²) in [6, 6.07) is 61.7. The van der Waals surface area contributed by atoms with E-state index in [2.05, 4.69) is 170 Å². The molecule has 0 aromatic heterocycles. The first-order valence-corrected chi connectivity index (χ1v) is 14.5. The van der Waals surface area contributed by atoms with Crippen LogP contribution in [0.3, 0.4) is 0 Å². The van der Waals surface area contributed by atoms with E-state index in [0.29, 0.717) is 0 Å². The lowest BCUT2D eigenvalue weighted by Gasteiger charge is -2.21. The fourth-order valence-corrected chi connectivity index (χ4v) is 6.57. The van der Waals surface area contributed by atoms with E-state index in [9.17, 15) is 0 Å². The van der Waals surface area contributed by atoms with E-state index in [1.54, 1.807) is 0 Å². The van der Waals surface area contributed by atoms with Crippen LogP contribution < -0.4 is 0 Å². The maximum atomic E-state index is 2.30. The monoisotopic (exact) mass is 532 g/mol. The summed E-state index contributed by atoms with van der Waals surface area (Å²) in [7, 11) is 0. The first-order valence-electron chi connectivity index (χ1n) is 14.5. The summed E-state index contributed by atoms with van der Waals surface area (Å²) >= 11 is 0. The van der Waals surface area contributed by atoms with Crippen LogP contribution in [0.2, 0.25) is 0 Å². The summed E-state index contributed by atoms with van der Waals surface area (Å²) in [5, 5.41) is 7.60. The van der Waals surface area contributed by atoms with Gasteiger partial charge in [0.1, 0.15) is 0 Å². The van der Waals surface area contributed by atoms with Gasteiger partial charge < -0.3 is 0 Å². The molecule has 0 amide bonds. The summed E-state index contributed by atoms with van der Waals surface area (Å²) in [5.41, 5.74) is 10.0. The highest BCUT2D eigenvalue weighted by molar-refractivity contribution is 6.25. The second-order valence-electron chi connectivity index (χ2n) is 10.9. The van der Waals surface area contributed by atoms with Crippen LogP contribution in [0.25, 0.3) is 76.8 Å². The molecule has 0 heteroatoms. The Labute approximate surface area is 246 Å². The zero-order chi connectivity index (χ0) is 27.9. The molecule has 0 saturated carbocycles. The van der Waals surface area contributed by atoms with Crippen molar-refractivity contribution in [2.24, 2.45) is 0 Å². The first kappa shape index (κ1) is 24.3. The molecule has 0 saturated heterocycles. The van der Waals surface area contributed by atoms with Crippen molar-refractivity contribution in [2.75, 3.05) is 0 Å². The average molecular weight is 533 g/mol. The van der Waals surface area contributed by atoms with Crippen LogP contribution in [0.15, 0.2) is 170 Å². The summed E-state index contributed by atoms with van der Waals surface area (Å²) in [6.07, 6.45) is 0. The van der Waals surface area contributed by atoms with E-state index in [0.717, 1.165) is 0 Å². The largest absolute Gasteiger partial charge is 0.0622 e. The molecule has 0 atom stereocenters. The predicted octanol–water partition coefficient (Wildman–Crippen LogP) is 11.8. The van der Waals surface area contributed by atoms with Gasteiger partial charge in [-0.15, -0.1) is 0 Å². The standard InChI is InChI=1S/C42H28/c1-3-13-29(14-4-1)30-23-25-33(26-24-30)40-36-19-9-11-21-38(36)42(39-22-12-10-20-37(39)40)41-34-18-8-7-17-32(34)27-28-35(41)31-15-5-2-6-16-31/h1-28H. The summed E-state index contributed by atoms with van der Waals surface area (Å²) in [4.78, 5) is 0. The number of fused-ring (bicyclic) bond motifs is 3. The minimum absolute atomic E-state index is 1.23. The maximum Gasteiger partial charge on any atom is -0.00139 e. The van der Waals surface area contributed by atoms with Crippen molar-refractivity contribution in [1.29, 1.82) is 0 Å². The van der Waals surface area contributed by atoms with Gasteiger partial charge in [-0.05, 0) is 76.8 Å². The van der Waals surface area contributed by atoms with E-state index in [1.807, 2.05) is 0 Å². The molecule has 0 aliphatic heterocycles. The molecule has 0 spiro atoms. The molecule has 8 aromatic rings. The van der Waals surface area contributed by atoms with Crippen molar-refractivity contribution < 1.29 is 0 Å². The molecule has 0 heterocycles. The Bertz CT molecular complexity index is 2150. The average Bonchev–Trinajstić information content (AvgIpc) is 3.08. The summed E-state index contributed by atoms with van der Waals surface area (Å²) < 4.78 is 0. The Kier molecular flexibility index (Phi) is 5.90. The molecule has 8 aromatic carbocycles. The van der Waals surface area contributed by atoms with E-state index in [4.69, 9.17) is 0 Å². The number of benzene rings is 8. The predicted molar refractivity (Wildman–Crippen MR) is 181 cm³/mol. The van der Waals surface area contributed by atoms with E-state index < -0.39 is 0 Å². The van der Waals surface area contributed by atoms with Crippen molar-refractivity contribution in [3.63, 3.8) is 0 Å². The van der Waals surface area contributed by atoms with Crippen LogP contribution in [-0.4, -0.2) is 0 Å². The van der Waals surface area contributed by atoms with Gasteiger partial charge in [0, 0.05) is 0 Å². The van der Waals surface area contributed by atoms with Crippen LogP contribution in [0.5, 0.6) is 0 Å². The second-order valence-corrected chi connectivity index (χ2v) is 10.9. The van der Waals surface area contributed by atoms with Gasteiger partial charge in [0.05, 0.1) is 0 Å². The molecule has 8 rings (SSSR count). The summed E-state index contributed by atoms with van der Waals surface area (Å²) in [6.45, 7) is 0. The molecule has 0 aliphatic carbocycles. The van der Waals surface area contributed by atoms with Gasteiger partial charge in [-0.1, -0.05) is 170 Å². The minimum atomic E-state index is 1.23. The molecule has 0 aliphatic rings. The Balaban J connectivity index is 1.47. The number of hydrogen-bond donors (Lipinski definition) is 0. The van der Waals surface area contributed by atoms with E-state index in [1.165, 1.54) is 76.8 Å². The highest BCUT2D eigenvalue weighted by Gasteiger charge is 2.20. The van der Waals surface area contributed by atoms with Gasteiger partial charge in [0.15, 0.2) is 0 Å². The Hall–Kier alpha value is -5.46. The van der Waals surface area contributed by atoms with E-state index in [-0.39, 0.29) is 0 Å². The molecule has 0 N–H and O–H groups in total. The van der Waals surface area contributed by atoms with Crippen LogP contribution in [0, 0.1) is 0 Å². The third kappa shape index (κ3) is 4.00. The zero-order valence-corrected chi connectivity index (χ0v) is 23.2. The number of rotatable bonds is 4. The lowest BCUT2D eigenvalue weighted by atomic mass is 9.82. The Morgan fingerprint density at radius 1 is 0.214 bits per heavy atom. The smallest absolute Gasteiger partial charge is 0.00139 e. The molecule has 0 unspecified atom stereocenters. The highest BCUT2D eigenvalue weighted by atomic mass is 14.2. The van der Waals surface area contributed by atoms with Gasteiger partial charge >= 0.3 is 0 Å². The molecule has 0 radical (unpaired) electrons. The second kappa shape index (κ2) is 10.2. The fourth-order valence-electron chi connectivity index (χ4n) is 6.57. The third-order valence-electron chi connectivity index (χ3n) is 8.48. The SMILES string of the molecule is c1ccc(-c2ccc(-c3c4ccccc4c(-c4c(-c5ccccc5)ccc5ccccc45)c4ccccc34)cc2)cc1. The molecule has 0 bridgehead atoms. The van der Waals surface area contributed by atoms with Crippen molar-refractivity contribution in [1.82, 2.24) is 0 Å². The van der Waals surface area contributed by atoms with Gasteiger partial charge in [0.25, 0.3) is 0 Å². The van der Waals surface area contributed by atoms with Crippen molar-refractivity contribution in [3.8, 4) is 44.5 Å². The third-order valence-corrected chi connectivity index (χ3v) is 8.48. The molecular formula is C42H28. The minimum Gasteiger partial charge on any atom is -0.0622 e. The Morgan fingerprint density at radius 2 is 0.643 bits per heavy atom. The number of hydrogen-bond acceptors (Lipinski definition) is 0. The van der Waals surface area contributed by atoms with Crippen molar-refractivity contribution in [2.45, 2.75) is 0 Å². The fraction of sp³-hybridized carbons (Fsp3) is 0. The van der Waals surface area contributed by atoms with Crippen LogP contribution in [0.4, 0.5) is 0 Å². The lowest BCUT2D eigenvalue weighted by Crippen LogP contribution is -1.94. The summed E-state index contributed by atoms with van der Waals surface area (Å²) in [5.74, 6) is 0. The zero-order valence-electron chi connectivity index (χ0n) is 23.2.